The molecule has 1 N–H and O–H groups in total. The zero-order chi connectivity index (χ0) is 13.0. The molecule has 5 heteroatoms. The molecule has 0 unspecified atom stereocenters. The number of nitrogens with zero attached hydrogens (tertiary/aromatic N) is 2. The van der Waals surface area contributed by atoms with Crippen molar-refractivity contribution in [3.05, 3.63) is 16.1 Å². The maximum Gasteiger partial charge on any atom is 0.303 e. The Labute approximate surface area is 112 Å². The van der Waals surface area contributed by atoms with E-state index in [0.29, 0.717) is 12.3 Å². The van der Waals surface area contributed by atoms with Crippen LogP contribution in [0.1, 0.15) is 42.0 Å². The van der Waals surface area contributed by atoms with E-state index >= 15 is 0 Å². The van der Waals surface area contributed by atoms with Crippen molar-refractivity contribution in [1.29, 1.82) is 0 Å². The molecule has 0 radical (unpaired) electrons. The van der Waals surface area contributed by atoms with E-state index < -0.39 is 5.97 Å². The van der Waals surface area contributed by atoms with Crippen molar-refractivity contribution < 1.29 is 9.90 Å². The van der Waals surface area contributed by atoms with Crippen LogP contribution in [0, 0.1) is 0 Å². The van der Waals surface area contributed by atoms with E-state index in [1.165, 1.54) is 17.8 Å². The van der Waals surface area contributed by atoms with Gasteiger partial charge in [-0.15, -0.1) is 11.3 Å². The van der Waals surface area contributed by atoms with Gasteiger partial charge in [0, 0.05) is 17.0 Å². The summed E-state index contributed by atoms with van der Waals surface area (Å²) in [5.74, 6) is -0.155. The molecule has 0 amide bonds. The van der Waals surface area contributed by atoms with Gasteiger partial charge in [-0.05, 0) is 38.9 Å². The van der Waals surface area contributed by atoms with Gasteiger partial charge >= 0.3 is 5.97 Å². The molecular formula is C13H20N2O2S. The normalized spacial score (nSPS) is 18.1. The summed E-state index contributed by atoms with van der Waals surface area (Å²) in [6, 6.07) is 0. The molecular weight excluding hydrogens is 248 g/mol. The zero-order valence-electron chi connectivity index (χ0n) is 10.8. The highest BCUT2D eigenvalue weighted by Gasteiger charge is 2.22. The topological polar surface area (TPSA) is 53.4 Å². The highest BCUT2D eigenvalue weighted by atomic mass is 32.1. The number of carbonyl (C=O) groups is 1. The van der Waals surface area contributed by atoms with Crippen LogP contribution < -0.4 is 0 Å². The van der Waals surface area contributed by atoms with Gasteiger partial charge in [0.2, 0.25) is 0 Å². The number of hydrogen-bond acceptors (Lipinski definition) is 4. The standard InChI is InChI=1S/C13H20N2O2S/c1-2-15-7-5-10(6-8-15)13-14-9-11(18-13)3-4-12(16)17/h9-10H,2-8H2,1H3,(H,16,17). The Balaban J connectivity index is 1.88. The molecule has 1 aliphatic rings. The predicted molar refractivity (Wildman–Crippen MR) is 72.2 cm³/mol. The van der Waals surface area contributed by atoms with Crippen LogP contribution in [0.2, 0.25) is 0 Å². The van der Waals surface area contributed by atoms with E-state index in [4.69, 9.17) is 5.11 Å². The lowest BCUT2D eigenvalue weighted by Gasteiger charge is -2.29. The third kappa shape index (κ3) is 3.53. The minimum Gasteiger partial charge on any atom is -0.481 e. The summed E-state index contributed by atoms with van der Waals surface area (Å²) in [5, 5.41) is 9.87. The third-order valence-electron chi connectivity index (χ3n) is 3.54. The Kier molecular flexibility index (Phi) is 4.72. The van der Waals surface area contributed by atoms with Crippen molar-refractivity contribution in [1.82, 2.24) is 9.88 Å². The minimum absolute atomic E-state index is 0.204. The number of carboxylic acids is 1. The first-order valence-electron chi connectivity index (χ1n) is 6.57. The van der Waals surface area contributed by atoms with Crippen molar-refractivity contribution in [2.45, 2.75) is 38.5 Å². The summed E-state index contributed by atoms with van der Waals surface area (Å²) in [4.78, 5) is 18.6. The third-order valence-corrected chi connectivity index (χ3v) is 4.76. The molecule has 2 heterocycles. The molecule has 0 aliphatic carbocycles. The van der Waals surface area contributed by atoms with E-state index in [1.807, 2.05) is 6.20 Å². The first-order chi connectivity index (χ1) is 8.69. The fraction of sp³-hybridized carbons (Fsp3) is 0.692. The van der Waals surface area contributed by atoms with Gasteiger partial charge in [-0.25, -0.2) is 4.98 Å². The van der Waals surface area contributed by atoms with Crippen LogP contribution in [0.25, 0.3) is 0 Å². The van der Waals surface area contributed by atoms with Crippen LogP contribution in [0.15, 0.2) is 6.20 Å². The smallest absolute Gasteiger partial charge is 0.303 e. The van der Waals surface area contributed by atoms with E-state index in [2.05, 4.69) is 16.8 Å². The average molecular weight is 268 g/mol. The summed E-state index contributed by atoms with van der Waals surface area (Å²) in [7, 11) is 0. The summed E-state index contributed by atoms with van der Waals surface area (Å²) < 4.78 is 0. The summed E-state index contributed by atoms with van der Waals surface area (Å²) in [6.07, 6.45) is 5.03. The van der Waals surface area contributed by atoms with Crippen LogP contribution in [0.3, 0.4) is 0 Å². The highest BCUT2D eigenvalue weighted by molar-refractivity contribution is 7.11. The second-order valence-corrected chi connectivity index (χ2v) is 5.91. The Morgan fingerprint density at radius 1 is 1.56 bits per heavy atom. The number of likely N-dealkylation sites (tertiary alicyclic amines) is 1. The molecule has 100 valence electrons. The number of aryl methyl sites for hydroxylation is 1. The minimum atomic E-state index is -0.735. The van der Waals surface area contributed by atoms with Gasteiger partial charge in [0.15, 0.2) is 0 Å². The number of aliphatic carboxylic acids is 1. The molecule has 1 aromatic rings. The van der Waals surface area contributed by atoms with Crippen LogP contribution >= 0.6 is 11.3 Å². The molecule has 0 bridgehead atoms. The number of carboxylic acid groups (broad SMARTS) is 1. The first-order valence-corrected chi connectivity index (χ1v) is 7.39. The zero-order valence-corrected chi connectivity index (χ0v) is 11.6. The van der Waals surface area contributed by atoms with E-state index in [0.717, 1.165) is 24.5 Å². The molecule has 2 rings (SSSR count). The summed E-state index contributed by atoms with van der Waals surface area (Å²) >= 11 is 1.70. The van der Waals surface area contributed by atoms with Crippen molar-refractivity contribution in [3.8, 4) is 0 Å². The molecule has 4 nitrogen and oxygen atoms in total. The lowest BCUT2D eigenvalue weighted by molar-refractivity contribution is -0.136. The number of rotatable bonds is 5. The molecule has 18 heavy (non-hydrogen) atoms. The maximum absolute atomic E-state index is 10.5. The van der Waals surface area contributed by atoms with Gasteiger partial charge < -0.3 is 10.0 Å². The van der Waals surface area contributed by atoms with Crippen LogP contribution in [-0.2, 0) is 11.2 Å². The molecule has 1 saturated heterocycles. The van der Waals surface area contributed by atoms with Crippen LogP contribution in [0.4, 0.5) is 0 Å². The van der Waals surface area contributed by atoms with Gasteiger partial charge in [-0.2, -0.15) is 0 Å². The monoisotopic (exact) mass is 268 g/mol. The van der Waals surface area contributed by atoms with Crippen LogP contribution in [0.5, 0.6) is 0 Å². The maximum atomic E-state index is 10.5. The van der Waals surface area contributed by atoms with Gasteiger partial charge in [0.05, 0.1) is 11.4 Å². The fourth-order valence-electron chi connectivity index (χ4n) is 2.35. The van der Waals surface area contributed by atoms with Gasteiger partial charge in [-0.1, -0.05) is 6.92 Å². The van der Waals surface area contributed by atoms with Gasteiger partial charge in [0.1, 0.15) is 0 Å². The lowest BCUT2D eigenvalue weighted by atomic mass is 9.98. The Morgan fingerprint density at radius 2 is 2.28 bits per heavy atom. The average Bonchev–Trinajstić information content (AvgIpc) is 2.85. The van der Waals surface area contributed by atoms with Gasteiger partial charge in [-0.3, -0.25) is 4.79 Å². The lowest BCUT2D eigenvalue weighted by Crippen LogP contribution is -2.32. The fourth-order valence-corrected chi connectivity index (χ4v) is 3.44. The number of piperidine rings is 1. The van der Waals surface area contributed by atoms with E-state index in [-0.39, 0.29) is 6.42 Å². The summed E-state index contributed by atoms with van der Waals surface area (Å²) in [5.41, 5.74) is 0. The molecule has 0 atom stereocenters. The SMILES string of the molecule is CCN1CCC(c2ncc(CCC(=O)O)s2)CC1. The van der Waals surface area contributed by atoms with Crippen LogP contribution in [-0.4, -0.2) is 40.6 Å². The molecule has 1 fully saturated rings. The van der Waals surface area contributed by atoms with Crippen molar-refractivity contribution in [2.24, 2.45) is 0 Å². The second kappa shape index (κ2) is 6.29. The number of hydrogen-bond donors (Lipinski definition) is 1. The number of aromatic nitrogens is 1. The Hall–Kier alpha value is -0.940. The largest absolute Gasteiger partial charge is 0.481 e. The first kappa shape index (κ1) is 13.5. The van der Waals surface area contributed by atoms with Crippen molar-refractivity contribution in [2.75, 3.05) is 19.6 Å². The van der Waals surface area contributed by atoms with Gasteiger partial charge in [0.25, 0.3) is 0 Å². The second-order valence-electron chi connectivity index (χ2n) is 4.77. The molecule has 1 aliphatic heterocycles. The number of thiazole rings is 1. The molecule has 0 aromatic carbocycles. The predicted octanol–water partition coefficient (Wildman–Crippen LogP) is 2.36. The Bertz CT molecular complexity index is 397. The molecule has 1 aromatic heterocycles. The van der Waals surface area contributed by atoms with Crippen molar-refractivity contribution >= 4 is 17.3 Å². The highest BCUT2D eigenvalue weighted by Crippen LogP contribution is 2.31. The van der Waals surface area contributed by atoms with Crippen molar-refractivity contribution in [3.63, 3.8) is 0 Å². The van der Waals surface area contributed by atoms with E-state index in [1.54, 1.807) is 11.3 Å². The van der Waals surface area contributed by atoms with E-state index in [9.17, 15) is 4.79 Å². The quantitative estimate of drug-likeness (QED) is 0.890. The molecule has 0 spiro atoms. The summed E-state index contributed by atoms with van der Waals surface area (Å²) in [6.45, 7) is 5.65. The molecule has 0 saturated carbocycles. The Morgan fingerprint density at radius 3 is 2.89 bits per heavy atom.